The fraction of sp³-hybridized carbons (Fsp3) is 0.423. The van der Waals surface area contributed by atoms with Gasteiger partial charge in [0.1, 0.15) is 6.61 Å². The highest BCUT2D eigenvalue weighted by atomic mass is 16.5. The van der Waals surface area contributed by atoms with Crippen molar-refractivity contribution in [2.45, 2.75) is 18.8 Å². The van der Waals surface area contributed by atoms with E-state index in [0.717, 1.165) is 24.0 Å². The van der Waals surface area contributed by atoms with Crippen LogP contribution in [0.2, 0.25) is 0 Å². The maximum absolute atomic E-state index is 13.0. The van der Waals surface area contributed by atoms with Crippen LogP contribution in [0.4, 0.5) is 4.79 Å². The summed E-state index contributed by atoms with van der Waals surface area (Å²) >= 11 is 0. The van der Waals surface area contributed by atoms with Gasteiger partial charge in [-0.05, 0) is 46.9 Å². The third-order valence-electron chi connectivity index (χ3n) is 7.99. The molecule has 2 aromatic rings. The third-order valence-corrected chi connectivity index (χ3v) is 7.99. The number of carboxylic acids is 1. The number of nitrogens with one attached hydrogen (secondary N) is 1. The molecule has 6 rings (SSSR count). The first-order valence-electron chi connectivity index (χ1n) is 11.6. The smallest absolute Gasteiger partial charge is 0.407 e. The van der Waals surface area contributed by atoms with Crippen LogP contribution in [0.3, 0.4) is 0 Å². The molecule has 0 radical (unpaired) electrons. The van der Waals surface area contributed by atoms with Gasteiger partial charge >= 0.3 is 12.1 Å². The molecule has 33 heavy (non-hydrogen) atoms. The zero-order valence-electron chi connectivity index (χ0n) is 18.2. The maximum atomic E-state index is 13.0. The number of ether oxygens (including phenoxy) is 1. The summed E-state index contributed by atoms with van der Waals surface area (Å²) in [6, 6.07) is 16.4. The van der Waals surface area contributed by atoms with Crippen LogP contribution in [-0.2, 0) is 14.3 Å². The van der Waals surface area contributed by atoms with Crippen LogP contribution in [-0.4, -0.2) is 54.2 Å². The predicted octanol–water partition coefficient (Wildman–Crippen LogP) is 3.09. The fourth-order valence-corrected chi connectivity index (χ4v) is 5.90. The maximum Gasteiger partial charge on any atom is 0.407 e. The molecule has 2 N–H and O–H groups in total. The number of carbonyl (C=O) groups excluding carboxylic acids is 2. The van der Waals surface area contributed by atoms with E-state index < -0.39 is 17.5 Å². The molecule has 0 spiro atoms. The van der Waals surface area contributed by atoms with Gasteiger partial charge in [0.15, 0.2) is 0 Å². The minimum absolute atomic E-state index is 0.00169. The van der Waals surface area contributed by atoms with Gasteiger partial charge in [-0.15, -0.1) is 0 Å². The van der Waals surface area contributed by atoms with Crippen molar-refractivity contribution in [3.63, 3.8) is 0 Å². The lowest BCUT2D eigenvalue weighted by atomic mass is 9.98. The molecule has 0 aromatic heterocycles. The summed E-state index contributed by atoms with van der Waals surface area (Å²) in [4.78, 5) is 38.5. The lowest BCUT2D eigenvalue weighted by Gasteiger charge is -2.25. The Kier molecular flexibility index (Phi) is 4.50. The second kappa shape index (κ2) is 7.33. The van der Waals surface area contributed by atoms with Crippen molar-refractivity contribution >= 4 is 18.0 Å². The highest BCUT2D eigenvalue weighted by Gasteiger charge is 2.63. The normalized spacial score (nSPS) is 25.6. The Morgan fingerprint density at radius 2 is 1.55 bits per heavy atom. The van der Waals surface area contributed by atoms with Crippen molar-refractivity contribution in [2.24, 2.45) is 23.2 Å². The van der Waals surface area contributed by atoms with E-state index in [0.29, 0.717) is 13.1 Å². The zero-order valence-corrected chi connectivity index (χ0v) is 18.2. The van der Waals surface area contributed by atoms with Crippen LogP contribution in [0.5, 0.6) is 0 Å². The van der Waals surface area contributed by atoms with Gasteiger partial charge in [-0.3, -0.25) is 9.59 Å². The van der Waals surface area contributed by atoms with Crippen molar-refractivity contribution in [1.29, 1.82) is 0 Å². The summed E-state index contributed by atoms with van der Waals surface area (Å²) in [7, 11) is 0. The number of hydrogen-bond donors (Lipinski definition) is 2. The van der Waals surface area contributed by atoms with Crippen molar-refractivity contribution in [3.05, 3.63) is 59.7 Å². The molecular formula is C26H26N2O5. The Hall–Kier alpha value is -3.35. The van der Waals surface area contributed by atoms with Crippen molar-refractivity contribution in [3.8, 4) is 11.1 Å². The van der Waals surface area contributed by atoms with Crippen LogP contribution in [0.1, 0.15) is 29.9 Å². The predicted molar refractivity (Wildman–Crippen MR) is 119 cm³/mol. The summed E-state index contributed by atoms with van der Waals surface area (Å²) in [5.41, 5.74) is 4.12. The molecule has 7 heteroatoms. The SMILES string of the molecule is O=C(NCC1(C(=O)N2CC3C(C2)C3C(=O)O)CC1)OCC1c2ccccc2-c2ccccc21. The van der Waals surface area contributed by atoms with E-state index in [9.17, 15) is 19.5 Å². The number of amides is 2. The van der Waals surface area contributed by atoms with E-state index >= 15 is 0 Å². The minimum Gasteiger partial charge on any atom is -0.481 e. The highest BCUT2D eigenvalue weighted by molar-refractivity contribution is 5.87. The van der Waals surface area contributed by atoms with Crippen LogP contribution in [0, 0.1) is 23.2 Å². The number of likely N-dealkylation sites (tertiary alicyclic amines) is 1. The number of hydrogen-bond acceptors (Lipinski definition) is 4. The average molecular weight is 447 g/mol. The number of fused-ring (bicyclic) bond motifs is 4. The molecule has 170 valence electrons. The Bertz CT molecular complexity index is 1100. The first-order chi connectivity index (χ1) is 16.0. The molecule has 4 aliphatic rings. The van der Waals surface area contributed by atoms with E-state index in [1.54, 1.807) is 4.90 Å². The molecule has 2 atom stereocenters. The van der Waals surface area contributed by atoms with Crippen LogP contribution in [0.25, 0.3) is 11.1 Å². The van der Waals surface area contributed by atoms with Gasteiger partial charge in [0.25, 0.3) is 0 Å². The Labute approximate surface area is 191 Å². The third kappa shape index (κ3) is 3.29. The van der Waals surface area contributed by atoms with Crippen molar-refractivity contribution in [1.82, 2.24) is 10.2 Å². The summed E-state index contributed by atoms with van der Waals surface area (Å²) in [5, 5.41) is 12.0. The molecule has 2 unspecified atom stereocenters. The molecule has 2 amide bonds. The van der Waals surface area contributed by atoms with Gasteiger partial charge in [-0.25, -0.2) is 4.79 Å². The number of piperidine rings is 1. The number of carbonyl (C=O) groups is 3. The van der Waals surface area contributed by atoms with E-state index in [2.05, 4.69) is 29.6 Å². The van der Waals surface area contributed by atoms with Gasteiger partial charge < -0.3 is 20.1 Å². The number of nitrogens with zero attached hydrogens (tertiary/aromatic N) is 1. The number of alkyl carbamates (subject to hydrolysis) is 1. The Morgan fingerprint density at radius 3 is 2.09 bits per heavy atom. The number of carboxylic acid groups (broad SMARTS) is 1. The lowest BCUT2D eigenvalue weighted by Crippen LogP contribution is -2.43. The molecule has 0 bridgehead atoms. The highest BCUT2D eigenvalue weighted by Crippen LogP contribution is 2.54. The van der Waals surface area contributed by atoms with Crippen molar-refractivity contribution < 1.29 is 24.2 Å². The number of aliphatic carboxylic acids is 1. The van der Waals surface area contributed by atoms with Crippen LogP contribution >= 0.6 is 0 Å². The quantitative estimate of drug-likeness (QED) is 0.711. The molecular weight excluding hydrogens is 420 g/mol. The van der Waals surface area contributed by atoms with E-state index in [4.69, 9.17) is 4.74 Å². The molecule has 7 nitrogen and oxygen atoms in total. The average Bonchev–Trinajstić information content (AvgIpc) is 3.69. The molecule has 3 fully saturated rings. The monoisotopic (exact) mass is 446 g/mol. The first kappa shape index (κ1) is 20.3. The van der Waals surface area contributed by atoms with E-state index in [1.807, 2.05) is 24.3 Å². The molecule has 1 aliphatic heterocycles. The first-order valence-corrected chi connectivity index (χ1v) is 11.6. The molecule has 2 aromatic carbocycles. The Balaban J connectivity index is 1.04. The summed E-state index contributed by atoms with van der Waals surface area (Å²) in [6.07, 6.45) is 0.971. The molecule has 1 saturated heterocycles. The van der Waals surface area contributed by atoms with Gasteiger partial charge in [-0.1, -0.05) is 48.5 Å². The minimum atomic E-state index is -0.754. The van der Waals surface area contributed by atoms with Crippen LogP contribution in [0.15, 0.2) is 48.5 Å². The van der Waals surface area contributed by atoms with E-state index in [1.165, 1.54) is 11.1 Å². The van der Waals surface area contributed by atoms with Crippen molar-refractivity contribution in [2.75, 3.05) is 26.2 Å². The largest absolute Gasteiger partial charge is 0.481 e. The Morgan fingerprint density at radius 1 is 0.970 bits per heavy atom. The fourth-order valence-electron chi connectivity index (χ4n) is 5.90. The van der Waals surface area contributed by atoms with Gasteiger partial charge in [0.05, 0.1) is 11.3 Å². The second-order valence-electron chi connectivity index (χ2n) is 9.86. The number of benzene rings is 2. The summed E-state index contributed by atoms with van der Waals surface area (Å²) in [6.45, 7) is 1.55. The summed E-state index contributed by atoms with van der Waals surface area (Å²) in [5.74, 6) is -0.816. The molecule has 3 aliphatic carbocycles. The standard InChI is InChI=1S/C26H26N2O5/c29-23(30)22-19-11-28(12-20(19)22)24(31)26(9-10-26)14-27-25(32)33-13-21-17-7-3-1-5-15(17)16-6-2-4-8-18(16)21/h1-8,19-22H,9-14H2,(H,27,32)(H,29,30). The van der Waals surface area contributed by atoms with Crippen LogP contribution < -0.4 is 5.32 Å². The van der Waals surface area contributed by atoms with Gasteiger partial charge in [0, 0.05) is 25.6 Å². The zero-order chi connectivity index (χ0) is 22.7. The summed E-state index contributed by atoms with van der Waals surface area (Å²) < 4.78 is 5.59. The molecule has 2 saturated carbocycles. The van der Waals surface area contributed by atoms with Gasteiger partial charge in [0.2, 0.25) is 5.91 Å². The van der Waals surface area contributed by atoms with Gasteiger partial charge in [-0.2, -0.15) is 0 Å². The van der Waals surface area contributed by atoms with E-state index in [-0.39, 0.29) is 42.7 Å². The number of rotatable bonds is 6. The topological polar surface area (TPSA) is 95.9 Å². The second-order valence-corrected chi connectivity index (χ2v) is 9.86. The molecule has 1 heterocycles. The lowest BCUT2D eigenvalue weighted by molar-refractivity contribution is -0.142.